The van der Waals surface area contributed by atoms with Crippen molar-refractivity contribution in [2.24, 2.45) is 12.5 Å². The first-order valence-electron chi connectivity index (χ1n) is 12.1. The molecule has 37 heavy (non-hydrogen) atoms. The summed E-state index contributed by atoms with van der Waals surface area (Å²) >= 11 is 6.79. The Morgan fingerprint density at radius 3 is 2.32 bits per heavy atom. The number of carbonyl (C=O) groups is 2. The molecule has 1 aliphatic heterocycles. The van der Waals surface area contributed by atoms with Crippen LogP contribution in [0.3, 0.4) is 0 Å². The van der Waals surface area contributed by atoms with Gasteiger partial charge in [-0.2, -0.15) is 13.2 Å². The van der Waals surface area contributed by atoms with Crippen LogP contribution in [-0.2, 0) is 29.2 Å². The summed E-state index contributed by atoms with van der Waals surface area (Å²) in [6, 6.07) is 7.75. The zero-order valence-electron chi connectivity index (χ0n) is 21.6. The Bertz CT molecular complexity index is 1390. The standard InChI is InChI=1S/C28H30ClF3N2O3/c1-16-6-7-20(25(35)34-10-8-27(3,9-11-34)26(36)37-5)24(29)22(16)15-19-14-21-17(2)12-18(28(30,31)32)13-23(21)33(19)4/h6-7,12-14H,8-11,15H2,1-5H3. The fourth-order valence-electron chi connectivity index (χ4n) is 5.10. The van der Waals surface area contributed by atoms with Gasteiger partial charge in [-0.3, -0.25) is 9.59 Å². The lowest BCUT2D eigenvalue weighted by Crippen LogP contribution is -2.45. The molecule has 1 aliphatic rings. The average Bonchev–Trinajstić information content (AvgIpc) is 3.16. The van der Waals surface area contributed by atoms with E-state index in [0.29, 0.717) is 54.0 Å². The van der Waals surface area contributed by atoms with Crippen molar-refractivity contribution in [2.45, 2.75) is 46.2 Å². The largest absolute Gasteiger partial charge is 0.469 e. The van der Waals surface area contributed by atoms with Gasteiger partial charge in [0.05, 0.1) is 28.7 Å². The Hall–Kier alpha value is -3.00. The van der Waals surface area contributed by atoms with Gasteiger partial charge in [0, 0.05) is 43.2 Å². The molecule has 0 aliphatic carbocycles. The summed E-state index contributed by atoms with van der Waals surface area (Å²) < 4.78 is 46.8. The Kier molecular flexibility index (Phi) is 7.10. The van der Waals surface area contributed by atoms with Crippen LogP contribution in [-0.4, -0.2) is 41.5 Å². The minimum absolute atomic E-state index is 0.208. The van der Waals surface area contributed by atoms with E-state index in [1.54, 1.807) is 29.5 Å². The third kappa shape index (κ3) is 4.96. The number of carbonyl (C=O) groups excluding carboxylic acids is 2. The molecule has 0 bridgehead atoms. The summed E-state index contributed by atoms with van der Waals surface area (Å²) in [6.45, 7) is 6.24. The highest BCUT2D eigenvalue weighted by molar-refractivity contribution is 6.34. The third-order valence-electron chi connectivity index (χ3n) is 7.69. The fourth-order valence-corrected chi connectivity index (χ4v) is 5.46. The molecule has 2 heterocycles. The molecule has 1 aromatic heterocycles. The van der Waals surface area contributed by atoms with Gasteiger partial charge in [0.15, 0.2) is 0 Å². The monoisotopic (exact) mass is 534 g/mol. The second kappa shape index (κ2) is 9.71. The first-order valence-corrected chi connectivity index (χ1v) is 12.5. The zero-order valence-corrected chi connectivity index (χ0v) is 22.3. The number of esters is 1. The van der Waals surface area contributed by atoms with Gasteiger partial charge >= 0.3 is 12.1 Å². The molecular weight excluding hydrogens is 505 g/mol. The van der Waals surface area contributed by atoms with Gasteiger partial charge in [0.2, 0.25) is 0 Å². The minimum atomic E-state index is -4.43. The Balaban J connectivity index is 1.64. The molecule has 1 amide bonds. The van der Waals surface area contributed by atoms with Gasteiger partial charge in [0.1, 0.15) is 0 Å². The van der Waals surface area contributed by atoms with Crippen LogP contribution >= 0.6 is 11.6 Å². The number of hydrogen-bond acceptors (Lipinski definition) is 3. The van der Waals surface area contributed by atoms with Crippen molar-refractivity contribution in [2.75, 3.05) is 20.2 Å². The van der Waals surface area contributed by atoms with Crippen LogP contribution in [0.15, 0.2) is 30.3 Å². The van der Waals surface area contributed by atoms with Crippen molar-refractivity contribution in [1.29, 1.82) is 0 Å². The maximum Gasteiger partial charge on any atom is 0.416 e. The summed E-state index contributed by atoms with van der Waals surface area (Å²) in [4.78, 5) is 27.2. The maximum absolute atomic E-state index is 13.4. The van der Waals surface area contributed by atoms with Crippen molar-refractivity contribution >= 4 is 34.4 Å². The van der Waals surface area contributed by atoms with Crippen molar-refractivity contribution in [1.82, 2.24) is 9.47 Å². The normalized spacial score (nSPS) is 15.8. The molecule has 0 atom stereocenters. The number of aromatic nitrogens is 1. The van der Waals surface area contributed by atoms with E-state index in [4.69, 9.17) is 16.3 Å². The van der Waals surface area contributed by atoms with Gasteiger partial charge in [-0.25, -0.2) is 0 Å². The molecule has 0 unspecified atom stereocenters. The van der Waals surface area contributed by atoms with E-state index in [1.165, 1.54) is 13.2 Å². The predicted octanol–water partition coefficient (Wildman–Crippen LogP) is 6.47. The number of likely N-dealkylation sites (tertiary alicyclic amines) is 1. The van der Waals surface area contributed by atoms with E-state index in [1.807, 2.05) is 26.0 Å². The van der Waals surface area contributed by atoms with Crippen LogP contribution in [0.2, 0.25) is 5.02 Å². The number of nitrogens with zero attached hydrogens (tertiary/aromatic N) is 2. The highest BCUT2D eigenvalue weighted by Gasteiger charge is 2.39. The molecule has 0 N–H and O–H groups in total. The lowest BCUT2D eigenvalue weighted by atomic mass is 9.80. The first-order chi connectivity index (χ1) is 17.3. The highest BCUT2D eigenvalue weighted by atomic mass is 35.5. The average molecular weight is 535 g/mol. The van der Waals surface area contributed by atoms with Gasteiger partial charge in [-0.05, 0) is 74.6 Å². The van der Waals surface area contributed by atoms with E-state index in [9.17, 15) is 22.8 Å². The number of hydrogen-bond donors (Lipinski definition) is 0. The molecule has 1 saturated heterocycles. The number of methoxy groups -OCH3 is 1. The second-order valence-electron chi connectivity index (χ2n) is 10.2. The molecule has 2 aromatic carbocycles. The van der Waals surface area contributed by atoms with Crippen LogP contribution in [0.5, 0.6) is 0 Å². The molecule has 5 nitrogen and oxygen atoms in total. The Morgan fingerprint density at radius 2 is 1.73 bits per heavy atom. The predicted molar refractivity (Wildman–Crippen MR) is 137 cm³/mol. The molecule has 198 valence electrons. The zero-order chi connectivity index (χ0) is 27.3. The fraction of sp³-hybridized carbons (Fsp3) is 0.429. The number of piperidine rings is 1. The number of ether oxygens (including phenoxy) is 1. The molecule has 3 aromatic rings. The minimum Gasteiger partial charge on any atom is -0.469 e. The van der Waals surface area contributed by atoms with Crippen LogP contribution in [0.4, 0.5) is 13.2 Å². The highest BCUT2D eigenvalue weighted by Crippen LogP contribution is 2.37. The van der Waals surface area contributed by atoms with E-state index >= 15 is 0 Å². The summed E-state index contributed by atoms with van der Waals surface area (Å²) in [5.41, 5.74) is 2.54. The molecular formula is C28H30ClF3N2O3. The number of fused-ring (bicyclic) bond motifs is 1. The number of rotatable bonds is 4. The van der Waals surface area contributed by atoms with E-state index in [0.717, 1.165) is 28.3 Å². The van der Waals surface area contributed by atoms with Gasteiger partial charge < -0.3 is 14.2 Å². The van der Waals surface area contributed by atoms with E-state index in [-0.39, 0.29) is 11.9 Å². The first kappa shape index (κ1) is 27.0. The Labute approximate surface area is 219 Å². The lowest BCUT2D eigenvalue weighted by molar-refractivity contribution is -0.154. The van der Waals surface area contributed by atoms with Crippen LogP contribution in [0, 0.1) is 19.3 Å². The number of benzene rings is 2. The van der Waals surface area contributed by atoms with Crippen molar-refractivity contribution in [3.05, 3.63) is 68.9 Å². The van der Waals surface area contributed by atoms with Gasteiger partial charge in [0.25, 0.3) is 5.91 Å². The Morgan fingerprint density at radius 1 is 1.08 bits per heavy atom. The number of alkyl halides is 3. The lowest BCUT2D eigenvalue weighted by Gasteiger charge is -2.37. The summed E-state index contributed by atoms with van der Waals surface area (Å²) in [6.07, 6.45) is -3.08. The molecule has 1 fully saturated rings. The number of amides is 1. The van der Waals surface area contributed by atoms with E-state index in [2.05, 4.69) is 0 Å². The summed E-state index contributed by atoms with van der Waals surface area (Å²) in [5, 5.41) is 1.08. The van der Waals surface area contributed by atoms with Crippen molar-refractivity contribution in [3.63, 3.8) is 0 Å². The molecule has 0 saturated carbocycles. The summed E-state index contributed by atoms with van der Waals surface area (Å²) in [5.74, 6) is -0.483. The van der Waals surface area contributed by atoms with Crippen LogP contribution < -0.4 is 0 Å². The molecule has 0 radical (unpaired) electrons. The van der Waals surface area contributed by atoms with E-state index < -0.39 is 17.2 Å². The second-order valence-corrected chi connectivity index (χ2v) is 10.5. The molecule has 0 spiro atoms. The van der Waals surface area contributed by atoms with Crippen LogP contribution in [0.1, 0.15) is 58.1 Å². The topological polar surface area (TPSA) is 51.5 Å². The smallest absolute Gasteiger partial charge is 0.416 e. The quantitative estimate of drug-likeness (QED) is 0.360. The molecule has 4 rings (SSSR count). The SMILES string of the molecule is COC(=O)C1(C)CCN(C(=O)c2ccc(C)c(Cc3cc4c(C)cc(C(F)(F)F)cc4n3C)c2Cl)CC1. The third-order valence-corrected chi connectivity index (χ3v) is 8.13. The van der Waals surface area contributed by atoms with Gasteiger partial charge in [-0.1, -0.05) is 17.7 Å². The summed E-state index contributed by atoms with van der Waals surface area (Å²) in [7, 11) is 3.10. The van der Waals surface area contributed by atoms with Crippen molar-refractivity contribution < 1.29 is 27.5 Å². The number of halogens is 4. The van der Waals surface area contributed by atoms with Crippen LogP contribution in [0.25, 0.3) is 10.9 Å². The number of aryl methyl sites for hydroxylation is 3. The molecule has 9 heteroatoms. The van der Waals surface area contributed by atoms with Gasteiger partial charge in [-0.15, -0.1) is 0 Å². The maximum atomic E-state index is 13.4. The van der Waals surface area contributed by atoms with Crippen molar-refractivity contribution in [3.8, 4) is 0 Å².